The molecule has 28 heavy (non-hydrogen) atoms. The first-order valence-electron chi connectivity index (χ1n) is 9.23. The van der Waals surface area contributed by atoms with Crippen molar-refractivity contribution in [1.82, 2.24) is 10.6 Å². The van der Waals surface area contributed by atoms with E-state index >= 15 is 0 Å². The van der Waals surface area contributed by atoms with Crippen molar-refractivity contribution in [2.45, 2.75) is 25.8 Å². The molecule has 0 aliphatic carbocycles. The zero-order chi connectivity index (χ0) is 19.1. The number of methoxy groups -OCH3 is 1. The molecule has 3 N–H and O–H groups in total. The lowest BCUT2D eigenvalue weighted by Crippen LogP contribution is -2.40. The number of hydrogen-bond acceptors (Lipinski definition) is 3. The molecule has 0 spiro atoms. The van der Waals surface area contributed by atoms with E-state index in [-0.39, 0.29) is 35.8 Å². The summed E-state index contributed by atoms with van der Waals surface area (Å²) in [5, 5.41) is 9.58. The number of ether oxygens (including phenoxy) is 1. The summed E-state index contributed by atoms with van der Waals surface area (Å²) in [5.74, 6) is 1.76. The molecule has 150 valence electrons. The van der Waals surface area contributed by atoms with Crippen LogP contribution >= 0.6 is 24.0 Å². The number of hydrogen-bond donors (Lipinski definition) is 3. The number of nitrogens with one attached hydrogen (secondary N) is 3. The summed E-state index contributed by atoms with van der Waals surface area (Å²) in [6.07, 6.45) is 0.474. The number of nitrogens with zero attached hydrogens (tertiary/aromatic N) is 1. The quantitative estimate of drug-likeness (QED) is 0.327. The largest absolute Gasteiger partial charge is 0.497 e. The summed E-state index contributed by atoms with van der Waals surface area (Å²) in [6.45, 7) is 4.03. The number of guanidine groups is 1. The van der Waals surface area contributed by atoms with Crippen molar-refractivity contribution >= 4 is 41.5 Å². The number of carbonyl (C=O) groups is 1. The molecule has 1 atom stereocenters. The Labute approximate surface area is 183 Å². The van der Waals surface area contributed by atoms with Crippen LogP contribution in [0.5, 0.6) is 5.75 Å². The fraction of sp³-hybridized carbons (Fsp3) is 0.333. The van der Waals surface area contributed by atoms with Gasteiger partial charge in [-0.1, -0.05) is 30.3 Å². The van der Waals surface area contributed by atoms with Crippen LogP contribution in [-0.4, -0.2) is 32.1 Å². The van der Waals surface area contributed by atoms with Gasteiger partial charge in [-0.2, -0.15) is 0 Å². The van der Waals surface area contributed by atoms with Gasteiger partial charge in [0.05, 0.1) is 13.7 Å². The molecular weight excluding hydrogens is 467 g/mol. The number of anilines is 1. The summed E-state index contributed by atoms with van der Waals surface area (Å²) in [4.78, 5) is 16.6. The molecule has 6 nitrogen and oxygen atoms in total. The Morgan fingerprint density at radius 1 is 1.18 bits per heavy atom. The topological polar surface area (TPSA) is 74.8 Å². The normalized spacial score (nSPS) is 15.7. The molecule has 0 radical (unpaired) electrons. The van der Waals surface area contributed by atoms with Crippen LogP contribution in [0.2, 0.25) is 0 Å². The zero-order valence-corrected chi connectivity index (χ0v) is 18.5. The molecule has 1 unspecified atom stereocenters. The molecule has 3 rings (SSSR count). The second kappa shape index (κ2) is 10.9. The van der Waals surface area contributed by atoms with Gasteiger partial charge in [0.1, 0.15) is 5.75 Å². The van der Waals surface area contributed by atoms with Gasteiger partial charge in [0.15, 0.2) is 5.96 Å². The van der Waals surface area contributed by atoms with Crippen molar-refractivity contribution in [3.63, 3.8) is 0 Å². The Bertz CT molecular complexity index is 808. The zero-order valence-electron chi connectivity index (χ0n) is 16.2. The van der Waals surface area contributed by atoms with Crippen LogP contribution in [0.4, 0.5) is 5.69 Å². The van der Waals surface area contributed by atoms with Gasteiger partial charge in [-0.25, -0.2) is 4.99 Å². The molecule has 2 aromatic rings. The van der Waals surface area contributed by atoms with Gasteiger partial charge in [0, 0.05) is 31.1 Å². The van der Waals surface area contributed by atoms with Gasteiger partial charge in [0.25, 0.3) is 0 Å². The lowest BCUT2D eigenvalue weighted by molar-refractivity contribution is -0.116. The number of rotatable bonds is 6. The Hall–Kier alpha value is -2.29. The van der Waals surface area contributed by atoms with Crippen LogP contribution in [-0.2, 0) is 11.3 Å². The Morgan fingerprint density at radius 2 is 1.93 bits per heavy atom. The van der Waals surface area contributed by atoms with E-state index in [4.69, 9.17) is 4.74 Å². The standard InChI is InChI=1S/C21H26N4O2.HI/c1-3-22-21(23-13-15-8-10-17(27-2)11-9-15)24-14-16-12-20(26)25-19-7-5-4-6-18(16)19;/h4-11,16H,3,12-14H2,1-2H3,(H,25,26)(H2,22,23,24);1H. The fourth-order valence-corrected chi connectivity index (χ4v) is 3.15. The van der Waals surface area contributed by atoms with E-state index in [0.29, 0.717) is 19.5 Å². The summed E-state index contributed by atoms with van der Waals surface area (Å²) in [6, 6.07) is 15.8. The van der Waals surface area contributed by atoms with Gasteiger partial charge >= 0.3 is 0 Å². The number of carbonyl (C=O) groups excluding carboxylic acids is 1. The van der Waals surface area contributed by atoms with E-state index in [0.717, 1.165) is 35.1 Å². The van der Waals surface area contributed by atoms with E-state index in [1.165, 1.54) is 0 Å². The van der Waals surface area contributed by atoms with Crippen molar-refractivity contribution in [3.8, 4) is 5.75 Å². The average Bonchev–Trinajstić information content (AvgIpc) is 2.70. The highest BCUT2D eigenvalue weighted by Crippen LogP contribution is 2.31. The molecule has 1 amide bonds. The maximum Gasteiger partial charge on any atom is 0.225 e. The third-order valence-corrected chi connectivity index (χ3v) is 4.55. The predicted molar refractivity (Wildman–Crippen MR) is 124 cm³/mol. The monoisotopic (exact) mass is 494 g/mol. The second-order valence-electron chi connectivity index (χ2n) is 6.46. The minimum absolute atomic E-state index is 0. The Kier molecular flexibility index (Phi) is 8.56. The minimum Gasteiger partial charge on any atom is -0.497 e. The molecule has 0 aromatic heterocycles. The maximum atomic E-state index is 12.0. The number of amides is 1. The first kappa shape index (κ1) is 22.0. The molecule has 0 saturated carbocycles. The first-order chi connectivity index (χ1) is 13.2. The number of halogens is 1. The van der Waals surface area contributed by atoms with E-state index in [9.17, 15) is 4.79 Å². The van der Waals surface area contributed by atoms with Crippen LogP contribution in [0.3, 0.4) is 0 Å². The molecule has 7 heteroatoms. The number of fused-ring (bicyclic) bond motifs is 1. The van der Waals surface area contributed by atoms with Gasteiger partial charge in [-0.05, 0) is 36.2 Å². The molecule has 0 bridgehead atoms. The average molecular weight is 494 g/mol. The minimum atomic E-state index is 0. The highest BCUT2D eigenvalue weighted by molar-refractivity contribution is 14.0. The third-order valence-electron chi connectivity index (χ3n) is 4.55. The molecule has 1 aliphatic rings. The van der Waals surface area contributed by atoms with Crippen LogP contribution in [0.1, 0.15) is 30.4 Å². The van der Waals surface area contributed by atoms with Crippen molar-refractivity contribution < 1.29 is 9.53 Å². The number of benzene rings is 2. The van der Waals surface area contributed by atoms with Crippen LogP contribution < -0.4 is 20.7 Å². The summed E-state index contributed by atoms with van der Waals surface area (Å²) in [7, 11) is 1.66. The second-order valence-corrected chi connectivity index (χ2v) is 6.46. The van der Waals surface area contributed by atoms with E-state index in [2.05, 4.69) is 27.0 Å². The van der Waals surface area contributed by atoms with E-state index in [1.54, 1.807) is 7.11 Å². The van der Waals surface area contributed by atoms with Gasteiger partial charge in [-0.3, -0.25) is 4.79 Å². The third kappa shape index (κ3) is 5.85. The molecule has 0 saturated heterocycles. The Balaban J connectivity index is 0.00000280. The van der Waals surface area contributed by atoms with Crippen molar-refractivity contribution in [1.29, 1.82) is 0 Å². The molecule has 1 heterocycles. The van der Waals surface area contributed by atoms with Crippen molar-refractivity contribution in [2.75, 3.05) is 25.5 Å². The predicted octanol–water partition coefficient (Wildman–Crippen LogP) is 3.49. The van der Waals surface area contributed by atoms with Gasteiger partial charge in [-0.15, -0.1) is 24.0 Å². The van der Waals surface area contributed by atoms with Crippen molar-refractivity contribution in [2.24, 2.45) is 4.99 Å². The SMILES string of the molecule is CCNC(=NCc1ccc(OC)cc1)NCC1CC(=O)Nc2ccccc21.I. The van der Waals surface area contributed by atoms with Crippen LogP contribution in [0.25, 0.3) is 0 Å². The fourth-order valence-electron chi connectivity index (χ4n) is 3.15. The molecule has 0 fully saturated rings. The maximum absolute atomic E-state index is 12.0. The highest BCUT2D eigenvalue weighted by atomic mass is 127. The Morgan fingerprint density at radius 3 is 2.64 bits per heavy atom. The van der Waals surface area contributed by atoms with Gasteiger partial charge in [0.2, 0.25) is 5.91 Å². The summed E-state index contributed by atoms with van der Waals surface area (Å²) < 4.78 is 5.18. The first-order valence-corrected chi connectivity index (χ1v) is 9.23. The van der Waals surface area contributed by atoms with E-state index < -0.39 is 0 Å². The molecular formula is C21H27IN4O2. The molecule has 1 aliphatic heterocycles. The molecule has 2 aromatic carbocycles. The lowest BCUT2D eigenvalue weighted by atomic mass is 9.90. The summed E-state index contributed by atoms with van der Waals surface area (Å²) in [5.41, 5.74) is 3.17. The van der Waals surface area contributed by atoms with Gasteiger partial charge < -0.3 is 20.7 Å². The van der Waals surface area contributed by atoms with Crippen LogP contribution in [0.15, 0.2) is 53.5 Å². The van der Waals surface area contributed by atoms with Crippen molar-refractivity contribution in [3.05, 3.63) is 59.7 Å². The number of aliphatic imine (C=N–C) groups is 1. The lowest BCUT2D eigenvalue weighted by Gasteiger charge is -2.26. The highest BCUT2D eigenvalue weighted by Gasteiger charge is 2.24. The number of para-hydroxylation sites is 1. The van der Waals surface area contributed by atoms with Crippen LogP contribution in [0, 0.1) is 0 Å². The summed E-state index contributed by atoms with van der Waals surface area (Å²) >= 11 is 0. The van der Waals surface area contributed by atoms with E-state index in [1.807, 2.05) is 49.4 Å². The smallest absolute Gasteiger partial charge is 0.225 e.